The summed E-state index contributed by atoms with van der Waals surface area (Å²) in [5.74, 6) is -0.644. The lowest BCUT2D eigenvalue weighted by molar-refractivity contribution is -0.384. The predicted octanol–water partition coefficient (Wildman–Crippen LogP) is 2.86. The molecule has 1 heterocycles. The molecule has 0 aliphatic carbocycles. The zero-order chi connectivity index (χ0) is 11.7. The van der Waals surface area contributed by atoms with Crippen LogP contribution in [-0.4, -0.2) is 15.1 Å². The summed E-state index contributed by atoms with van der Waals surface area (Å²) in [6, 6.07) is 3.38. The van der Waals surface area contributed by atoms with Crippen LogP contribution in [-0.2, 0) is 0 Å². The average Bonchev–Trinajstić information content (AvgIpc) is 2.64. The summed E-state index contributed by atoms with van der Waals surface area (Å²) in [6.45, 7) is 0. The van der Waals surface area contributed by atoms with Gasteiger partial charge in [0.25, 0.3) is 5.69 Å². The molecule has 0 aliphatic heterocycles. The fraction of sp³-hybridized carbons (Fsp3) is 0. The van der Waals surface area contributed by atoms with Crippen LogP contribution in [0, 0.1) is 18.9 Å². The third-order valence-corrected chi connectivity index (χ3v) is 3.41. The van der Waals surface area contributed by atoms with E-state index in [2.05, 4.69) is 10.2 Å². The fourth-order valence-electron chi connectivity index (χ4n) is 1.15. The molecular formula is C8H3FIN3O2S. The summed E-state index contributed by atoms with van der Waals surface area (Å²) in [5, 5.41) is 18.7. The zero-order valence-electron chi connectivity index (χ0n) is 7.55. The maximum Gasteiger partial charge on any atom is 0.282 e. The second-order valence-corrected chi connectivity index (χ2v) is 5.51. The molecule has 0 atom stereocenters. The summed E-state index contributed by atoms with van der Waals surface area (Å²) in [7, 11) is 0. The van der Waals surface area contributed by atoms with E-state index in [4.69, 9.17) is 0 Å². The molecule has 0 amide bonds. The van der Waals surface area contributed by atoms with E-state index in [-0.39, 0.29) is 11.3 Å². The molecule has 0 radical (unpaired) electrons. The Hall–Kier alpha value is -1.16. The first kappa shape index (κ1) is 11.3. The Morgan fingerprint density at radius 3 is 2.75 bits per heavy atom. The van der Waals surface area contributed by atoms with Crippen molar-refractivity contribution in [2.24, 2.45) is 0 Å². The molecule has 8 heteroatoms. The molecule has 2 rings (SSSR count). The number of benzene rings is 1. The van der Waals surface area contributed by atoms with Crippen molar-refractivity contribution in [3.05, 3.63) is 37.1 Å². The molecule has 0 saturated carbocycles. The molecule has 0 unspecified atom stereocenters. The van der Waals surface area contributed by atoms with E-state index in [1.54, 1.807) is 0 Å². The van der Waals surface area contributed by atoms with Gasteiger partial charge in [-0.05, 0) is 34.7 Å². The highest BCUT2D eigenvalue weighted by atomic mass is 127. The van der Waals surface area contributed by atoms with Gasteiger partial charge in [-0.2, -0.15) is 0 Å². The molecule has 2 aromatic rings. The van der Waals surface area contributed by atoms with E-state index in [1.165, 1.54) is 17.4 Å². The Balaban J connectivity index is 2.60. The van der Waals surface area contributed by atoms with Crippen molar-refractivity contribution in [1.82, 2.24) is 10.2 Å². The molecule has 0 saturated heterocycles. The number of rotatable bonds is 2. The maximum absolute atomic E-state index is 12.9. The number of hydrogen-bond acceptors (Lipinski definition) is 5. The van der Waals surface area contributed by atoms with Crippen molar-refractivity contribution >= 4 is 39.6 Å². The Labute approximate surface area is 107 Å². The van der Waals surface area contributed by atoms with Gasteiger partial charge in [-0.1, -0.05) is 11.3 Å². The largest absolute Gasteiger partial charge is 0.282 e. The van der Waals surface area contributed by atoms with Gasteiger partial charge >= 0.3 is 0 Å². The van der Waals surface area contributed by atoms with E-state index in [0.717, 1.165) is 12.1 Å². The van der Waals surface area contributed by atoms with E-state index >= 15 is 0 Å². The minimum atomic E-state index is -0.644. The van der Waals surface area contributed by atoms with Crippen molar-refractivity contribution < 1.29 is 9.31 Å². The van der Waals surface area contributed by atoms with Gasteiger partial charge in [0.2, 0.25) is 0 Å². The third-order valence-electron chi connectivity index (χ3n) is 1.79. The van der Waals surface area contributed by atoms with Gasteiger partial charge < -0.3 is 0 Å². The van der Waals surface area contributed by atoms with E-state index in [9.17, 15) is 14.5 Å². The standard InChI is InChI=1S/C8H3FIN3O2S/c9-4-1-2-5(6(3-4)13(14)15)7-11-12-8(10)16-7/h1-3H. The Bertz CT molecular complexity index is 560. The minimum Gasteiger partial charge on any atom is -0.258 e. The zero-order valence-corrected chi connectivity index (χ0v) is 10.5. The summed E-state index contributed by atoms with van der Waals surface area (Å²) < 4.78 is 13.6. The molecule has 1 aromatic heterocycles. The monoisotopic (exact) mass is 351 g/mol. The van der Waals surface area contributed by atoms with Crippen LogP contribution in [0.15, 0.2) is 18.2 Å². The van der Waals surface area contributed by atoms with Crippen LogP contribution in [0.1, 0.15) is 0 Å². The van der Waals surface area contributed by atoms with Crippen LogP contribution in [0.25, 0.3) is 10.6 Å². The van der Waals surface area contributed by atoms with Gasteiger partial charge in [-0.3, -0.25) is 10.1 Å². The Morgan fingerprint density at radius 1 is 1.44 bits per heavy atom. The molecule has 0 fully saturated rings. The second kappa shape index (κ2) is 4.37. The summed E-state index contributed by atoms with van der Waals surface area (Å²) in [5.41, 5.74) is -0.0145. The van der Waals surface area contributed by atoms with Crippen LogP contribution < -0.4 is 0 Å². The van der Waals surface area contributed by atoms with Crippen LogP contribution in [0.5, 0.6) is 0 Å². The molecule has 16 heavy (non-hydrogen) atoms. The smallest absolute Gasteiger partial charge is 0.258 e. The van der Waals surface area contributed by atoms with Gasteiger partial charge in [0, 0.05) is 0 Å². The molecule has 0 bridgehead atoms. The predicted molar refractivity (Wildman–Crippen MR) is 64.7 cm³/mol. The second-order valence-electron chi connectivity index (χ2n) is 2.78. The van der Waals surface area contributed by atoms with Gasteiger partial charge in [-0.25, -0.2) is 4.39 Å². The molecule has 1 aromatic carbocycles. The van der Waals surface area contributed by atoms with E-state index in [1.807, 2.05) is 22.6 Å². The molecule has 5 nitrogen and oxygen atoms in total. The van der Waals surface area contributed by atoms with Crippen molar-refractivity contribution in [3.63, 3.8) is 0 Å². The molecule has 82 valence electrons. The van der Waals surface area contributed by atoms with Crippen LogP contribution in [0.3, 0.4) is 0 Å². The lowest BCUT2D eigenvalue weighted by Gasteiger charge is -1.98. The summed E-state index contributed by atoms with van der Waals surface area (Å²) >= 11 is 3.18. The van der Waals surface area contributed by atoms with Crippen molar-refractivity contribution in [3.8, 4) is 10.6 Å². The van der Waals surface area contributed by atoms with Crippen molar-refractivity contribution in [2.75, 3.05) is 0 Å². The number of nitro benzene ring substituents is 1. The minimum absolute atomic E-state index is 0.284. The third kappa shape index (κ3) is 2.16. The lowest BCUT2D eigenvalue weighted by Crippen LogP contribution is -1.92. The average molecular weight is 351 g/mol. The Morgan fingerprint density at radius 2 is 2.19 bits per heavy atom. The van der Waals surface area contributed by atoms with E-state index in [0.29, 0.717) is 8.02 Å². The van der Waals surface area contributed by atoms with Gasteiger partial charge in [-0.15, -0.1) is 10.2 Å². The number of nitrogens with zero attached hydrogens (tertiary/aromatic N) is 3. The highest BCUT2D eigenvalue weighted by Gasteiger charge is 2.19. The molecule has 0 N–H and O–H groups in total. The lowest BCUT2D eigenvalue weighted by atomic mass is 10.2. The summed E-state index contributed by atoms with van der Waals surface area (Å²) in [4.78, 5) is 10.1. The number of halogens is 2. The van der Waals surface area contributed by atoms with Crippen LogP contribution in [0.4, 0.5) is 10.1 Å². The van der Waals surface area contributed by atoms with Gasteiger partial charge in [0.05, 0.1) is 16.6 Å². The van der Waals surface area contributed by atoms with Crippen molar-refractivity contribution in [1.29, 1.82) is 0 Å². The highest BCUT2D eigenvalue weighted by Crippen LogP contribution is 2.32. The Kier molecular flexibility index (Phi) is 3.10. The first-order chi connectivity index (χ1) is 7.58. The van der Waals surface area contributed by atoms with Gasteiger partial charge in [0.1, 0.15) is 5.82 Å². The first-order valence-electron chi connectivity index (χ1n) is 4.01. The normalized spacial score (nSPS) is 10.4. The van der Waals surface area contributed by atoms with Crippen LogP contribution >= 0.6 is 33.9 Å². The number of aromatic nitrogens is 2. The molecule has 0 spiro atoms. The fourth-order valence-corrected chi connectivity index (χ4v) is 2.49. The van der Waals surface area contributed by atoms with Crippen molar-refractivity contribution in [2.45, 2.75) is 0 Å². The molecule has 0 aliphatic rings. The topological polar surface area (TPSA) is 68.9 Å². The first-order valence-corrected chi connectivity index (χ1v) is 5.91. The van der Waals surface area contributed by atoms with Gasteiger partial charge in [0.15, 0.2) is 8.02 Å². The molecular weight excluding hydrogens is 348 g/mol. The highest BCUT2D eigenvalue weighted by molar-refractivity contribution is 14.1. The number of nitro groups is 1. The number of hydrogen-bond donors (Lipinski definition) is 0. The van der Waals surface area contributed by atoms with E-state index < -0.39 is 10.7 Å². The van der Waals surface area contributed by atoms with Crippen LogP contribution in [0.2, 0.25) is 0 Å². The SMILES string of the molecule is O=[N+]([O-])c1cc(F)ccc1-c1nnc(I)s1. The maximum atomic E-state index is 12.9. The summed E-state index contributed by atoms with van der Waals surface area (Å²) in [6.07, 6.45) is 0. The quantitative estimate of drug-likeness (QED) is 0.474.